The lowest BCUT2D eigenvalue weighted by atomic mass is 9.73. The number of amides is 2. The van der Waals surface area contributed by atoms with Crippen LogP contribution in [0.25, 0.3) is 0 Å². The standard InChI is InChI=1S/C25H33N3O3/c1-18-20(8-15-31-18)24(30)28-12-9-25(10-13-28)17-19(21-6-4-5-7-22(21)25)16-23(29)26-11-14-27(2)3/h4-8,15,19H,9-14,16-17H2,1-3H3,(H,26,29)/t19-/m1/s1. The van der Waals surface area contributed by atoms with Gasteiger partial charge < -0.3 is 19.5 Å². The monoisotopic (exact) mass is 423 g/mol. The van der Waals surface area contributed by atoms with E-state index >= 15 is 0 Å². The highest BCUT2D eigenvalue weighted by molar-refractivity contribution is 5.95. The van der Waals surface area contributed by atoms with Crippen LogP contribution in [0, 0.1) is 6.92 Å². The minimum absolute atomic E-state index is 0.0594. The van der Waals surface area contributed by atoms with Crippen molar-refractivity contribution in [3.05, 3.63) is 59.0 Å². The topological polar surface area (TPSA) is 65.8 Å². The normalized spacial score (nSPS) is 19.6. The van der Waals surface area contributed by atoms with Gasteiger partial charge in [-0.25, -0.2) is 0 Å². The van der Waals surface area contributed by atoms with Gasteiger partial charge in [0.05, 0.1) is 11.8 Å². The van der Waals surface area contributed by atoms with E-state index in [9.17, 15) is 9.59 Å². The number of piperidine rings is 1. The molecule has 1 aliphatic carbocycles. The summed E-state index contributed by atoms with van der Waals surface area (Å²) in [6.45, 7) is 4.83. The summed E-state index contributed by atoms with van der Waals surface area (Å²) in [5, 5.41) is 3.06. The van der Waals surface area contributed by atoms with Crippen molar-refractivity contribution in [1.82, 2.24) is 15.1 Å². The van der Waals surface area contributed by atoms with Crippen LogP contribution in [0.15, 0.2) is 41.0 Å². The van der Waals surface area contributed by atoms with Crippen LogP contribution < -0.4 is 5.32 Å². The molecule has 1 aromatic heterocycles. The molecule has 2 aliphatic rings. The van der Waals surface area contributed by atoms with Crippen molar-refractivity contribution in [1.29, 1.82) is 0 Å². The smallest absolute Gasteiger partial charge is 0.257 e. The van der Waals surface area contributed by atoms with Crippen molar-refractivity contribution in [2.75, 3.05) is 40.3 Å². The lowest BCUT2D eigenvalue weighted by Crippen LogP contribution is -2.44. The summed E-state index contributed by atoms with van der Waals surface area (Å²) < 4.78 is 5.32. The Balaban J connectivity index is 1.43. The van der Waals surface area contributed by atoms with Crippen molar-refractivity contribution in [2.45, 2.75) is 43.9 Å². The zero-order valence-corrected chi connectivity index (χ0v) is 18.8. The molecule has 1 aromatic carbocycles. The molecule has 166 valence electrons. The Morgan fingerprint density at radius 2 is 1.94 bits per heavy atom. The molecule has 1 aliphatic heterocycles. The number of carbonyl (C=O) groups is 2. The van der Waals surface area contributed by atoms with E-state index in [0.29, 0.717) is 24.3 Å². The van der Waals surface area contributed by atoms with Crippen LogP contribution in [0.3, 0.4) is 0 Å². The molecule has 31 heavy (non-hydrogen) atoms. The largest absolute Gasteiger partial charge is 0.469 e. The highest BCUT2D eigenvalue weighted by Gasteiger charge is 2.46. The van der Waals surface area contributed by atoms with Crippen molar-refractivity contribution < 1.29 is 14.0 Å². The van der Waals surface area contributed by atoms with Crippen LogP contribution in [0.5, 0.6) is 0 Å². The summed E-state index contributed by atoms with van der Waals surface area (Å²) >= 11 is 0. The number of likely N-dealkylation sites (N-methyl/N-ethyl adjacent to an activating group) is 1. The number of furan rings is 1. The van der Waals surface area contributed by atoms with E-state index in [1.54, 1.807) is 12.3 Å². The van der Waals surface area contributed by atoms with Crippen molar-refractivity contribution in [3.63, 3.8) is 0 Å². The van der Waals surface area contributed by atoms with Crippen molar-refractivity contribution in [2.24, 2.45) is 0 Å². The SMILES string of the molecule is Cc1occc1C(=O)N1CCC2(CC1)C[C@@H](CC(=O)NCCN(C)C)c1ccccc12. The van der Waals surface area contributed by atoms with E-state index in [1.807, 2.05) is 25.9 Å². The van der Waals surface area contributed by atoms with E-state index in [4.69, 9.17) is 4.42 Å². The van der Waals surface area contributed by atoms with E-state index < -0.39 is 0 Å². The molecule has 1 atom stereocenters. The maximum absolute atomic E-state index is 12.9. The fraction of sp³-hybridized carbons (Fsp3) is 0.520. The Labute approximate surface area is 184 Å². The predicted octanol–water partition coefficient (Wildman–Crippen LogP) is 3.32. The summed E-state index contributed by atoms with van der Waals surface area (Å²) in [5.74, 6) is 1.11. The van der Waals surface area contributed by atoms with Crippen LogP contribution >= 0.6 is 0 Å². The number of hydrogen-bond donors (Lipinski definition) is 1. The van der Waals surface area contributed by atoms with Crippen molar-refractivity contribution in [3.8, 4) is 0 Å². The number of fused-ring (bicyclic) bond motifs is 2. The summed E-state index contributed by atoms with van der Waals surface area (Å²) in [5.41, 5.74) is 3.42. The minimum Gasteiger partial charge on any atom is -0.469 e. The average Bonchev–Trinajstić information content (AvgIpc) is 3.30. The summed E-state index contributed by atoms with van der Waals surface area (Å²) in [6, 6.07) is 10.4. The number of hydrogen-bond acceptors (Lipinski definition) is 4. The lowest BCUT2D eigenvalue weighted by Gasteiger charge is -2.40. The number of nitrogens with one attached hydrogen (secondary N) is 1. The predicted molar refractivity (Wildman–Crippen MR) is 120 cm³/mol. The van der Waals surface area contributed by atoms with Gasteiger partial charge in [0.15, 0.2) is 0 Å². The number of rotatable bonds is 6. The van der Waals surface area contributed by atoms with Gasteiger partial charge in [-0.3, -0.25) is 9.59 Å². The first-order chi connectivity index (χ1) is 14.9. The van der Waals surface area contributed by atoms with Gasteiger partial charge in [0, 0.05) is 32.6 Å². The number of aryl methyl sites for hydroxylation is 1. The highest BCUT2D eigenvalue weighted by Crippen LogP contribution is 2.52. The average molecular weight is 424 g/mol. The second-order valence-corrected chi connectivity index (χ2v) is 9.31. The lowest BCUT2D eigenvalue weighted by molar-refractivity contribution is -0.121. The third-order valence-corrected chi connectivity index (χ3v) is 7.02. The molecule has 0 unspecified atom stereocenters. The van der Waals surface area contributed by atoms with Gasteiger partial charge in [-0.05, 0) is 68.8 Å². The highest BCUT2D eigenvalue weighted by atomic mass is 16.3. The zero-order chi connectivity index (χ0) is 22.0. The number of nitrogens with zero attached hydrogens (tertiary/aromatic N) is 2. The molecule has 2 amide bonds. The second-order valence-electron chi connectivity index (χ2n) is 9.31. The molecular formula is C25H33N3O3. The van der Waals surface area contributed by atoms with E-state index in [-0.39, 0.29) is 23.1 Å². The number of carbonyl (C=O) groups excluding carboxylic acids is 2. The molecule has 1 N–H and O–H groups in total. The van der Waals surface area contributed by atoms with Crippen LogP contribution in [-0.4, -0.2) is 61.9 Å². The molecule has 2 aromatic rings. The molecule has 1 spiro atoms. The first-order valence-corrected chi connectivity index (χ1v) is 11.2. The zero-order valence-electron chi connectivity index (χ0n) is 18.8. The maximum atomic E-state index is 12.9. The Bertz CT molecular complexity index is 941. The molecule has 0 bridgehead atoms. The Hall–Kier alpha value is -2.60. The van der Waals surface area contributed by atoms with E-state index in [2.05, 4.69) is 34.5 Å². The van der Waals surface area contributed by atoms with Gasteiger partial charge in [0.25, 0.3) is 5.91 Å². The van der Waals surface area contributed by atoms with Crippen molar-refractivity contribution >= 4 is 11.8 Å². The molecule has 1 saturated heterocycles. The third-order valence-electron chi connectivity index (χ3n) is 7.02. The summed E-state index contributed by atoms with van der Waals surface area (Å²) in [6.07, 6.45) is 4.97. The Kier molecular flexibility index (Phi) is 6.19. The van der Waals surface area contributed by atoms with E-state index in [0.717, 1.165) is 38.9 Å². The fourth-order valence-corrected chi connectivity index (χ4v) is 5.31. The van der Waals surface area contributed by atoms with Crippen LogP contribution in [-0.2, 0) is 10.2 Å². The summed E-state index contributed by atoms with van der Waals surface area (Å²) in [7, 11) is 4.02. The number of likely N-dealkylation sites (tertiary alicyclic amines) is 1. The molecule has 0 radical (unpaired) electrons. The Morgan fingerprint density at radius 3 is 2.61 bits per heavy atom. The van der Waals surface area contributed by atoms with Gasteiger partial charge in [0.2, 0.25) is 5.91 Å². The second kappa shape index (κ2) is 8.87. The molecule has 0 saturated carbocycles. The fourth-order valence-electron chi connectivity index (χ4n) is 5.31. The first-order valence-electron chi connectivity index (χ1n) is 11.2. The van der Waals surface area contributed by atoms with E-state index in [1.165, 1.54) is 11.1 Å². The molecule has 4 rings (SSSR count). The van der Waals surface area contributed by atoms with Crippen LogP contribution in [0.2, 0.25) is 0 Å². The van der Waals surface area contributed by atoms with Gasteiger partial charge in [-0.15, -0.1) is 0 Å². The minimum atomic E-state index is 0.0594. The van der Waals surface area contributed by atoms with Gasteiger partial charge in [-0.2, -0.15) is 0 Å². The van der Waals surface area contributed by atoms with Crippen LogP contribution in [0.4, 0.5) is 0 Å². The molecule has 2 heterocycles. The van der Waals surface area contributed by atoms with Gasteiger partial charge in [-0.1, -0.05) is 24.3 Å². The molecule has 6 nitrogen and oxygen atoms in total. The number of benzene rings is 1. The first kappa shape index (κ1) is 21.6. The van der Waals surface area contributed by atoms with Gasteiger partial charge in [0.1, 0.15) is 5.76 Å². The Morgan fingerprint density at radius 1 is 1.19 bits per heavy atom. The third kappa shape index (κ3) is 4.40. The van der Waals surface area contributed by atoms with Gasteiger partial charge >= 0.3 is 0 Å². The molecule has 1 fully saturated rings. The quantitative estimate of drug-likeness (QED) is 0.774. The molecular weight excluding hydrogens is 390 g/mol. The maximum Gasteiger partial charge on any atom is 0.257 e. The molecule has 6 heteroatoms. The summed E-state index contributed by atoms with van der Waals surface area (Å²) in [4.78, 5) is 29.5. The van der Waals surface area contributed by atoms with Crippen LogP contribution in [0.1, 0.15) is 58.8 Å².